The van der Waals surface area contributed by atoms with Crippen LogP contribution in [0.25, 0.3) is 54.4 Å². The van der Waals surface area contributed by atoms with Crippen molar-refractivity contribution >= 4 is 48.9 Å². The van der Waals surface area contributed by atoms with Crippen molar-refractivity contribution in [3.63, 3.8) is 0 Å². The van der Waals surface area contributed by atoms with Gasteiger partial charge in [-0.25, -0.2) is 0 Å². The normalized spacial score (nSPS) is 12.5. The number of fused-ring (bicyclic) bond motifs is 3. The third-order valence-electron chi connectivity index (χ3n) is 10.6. The Labute approximate surface area is 315 Å². The van der Waals surface area contributed by atoms with Crippen LogP contribution in [0, 0.1) is 16.9 Å². The first kappa shape index (κ1) is 39.2. The van der Waals surface area contributed by atoms with Gasteiger partial charge in [-0.2, -0.15) is 0 Å². The molecule has 4 nitrogen and oxygen atoms in total. The second-order valence-corrected chi connectivity index (χ2v) is 15.6. The number of allylic oxidation sites excluding steroid dienone is 2. The number of carbonyl (C=O) groups excluding carboxylic acids is 1. The summed E-state index contributed by atoms with van der Waals surface area (Å²) in [6.07, 6.45) is 6.58. The van der Waals surface area contributed by atoms with Gasteiger partial charge in [-0.15, -0.1) is 40.5 Å². The number of furan rings is 1. The third kappa shape index (κ3) is 7.99. The fraction of sp³-hybridized carbons (Fsp3) is 0.364. The van der Waals surface area contributed by atoms with Gasteiger partial charge in [0.15, 0.2) is 5.78 Å². The number of pyridine rings is 1. The molecule has 0 saturated heterocycles. The minimum atomic E-state index is -0.337. The molecule has 0 aliphatic carbocycles. The Hall–Kier alpha value is -3.57. The van der Waals surface area contributed by atoms with Crippen LogP contribution in [-0.4, -0.2) is 15.9 Å². The summed E-state index contributed by atoms with van der Waals surface area (Å²) >= 11 is 1.76. The molecule has 6 aromatic rings. The summed E-state index contributed by atoms with van der Waals surface area (Å²) in [4.78, 5) is 16.9. The van der Waals surface area contributed by atoms with Gasteiger partial charge in [-0.1, -0.05) is 91.5 Å². The van der Waals surface area contributed by atoms with Crippen LogP contribution in [0.5, 0.6) is 0 Å². The van der Waals surface area contributed by atoms with Crippen molar-refractivity contribution in [1.82, 2.24) is 4.98 Å². The summed E-state index contributed by atoms with van der Waals surface area (Å²) in [6.45, 7) is 18.8. The van der Waals surface area contributed by atoms with Gasteiger partial charge >= 0.3 is 0 Å². The van der Waals surface area contributed by atoms with Gasteiger partial charge in [0.2, 0.25) is 0 Å². The van der Waals surface area contributed by atoms with Gasteiger partial charge in [0, 0.05) is 64.6 Å². The molecule has 0 fully saturated rings. The van der Waals surface area contributed by atoms with E-state index < -0.39 is 0 Å². The molecule has 0 saturated carbocycles. The third-order valence-corrected chi connectivity index (χ3v) is 11.5. The Morgan fingerprint density at radius 2 is 1.54 bits per heavy atom. The van der Waals surface area contributed by atoms with Crippen LogP contribution in [-0.2, 0) is 30.3 Å². The van der Waals surface area contributed by atoms with E-state index >= 15 is 0 Å². The second kappa shape index (κ2) is 15.8. The zero-order valence-corrected chi connectivity index (χ0v) is 34.1. The predicted octanol–water partition coefficient (Wildman–Crippen LogP) is 13.3. The van der Waals surface area contributed by atoms with E-state index in [1.807, 2.05) is 53.8 Å². The molecule has 50 heavy (non-hydrogen) atoms. The minimum Gasteiger partial charge on any atom is -0.512 e. The number of ketones is 1. The van der Waals surface area contributed by atoms with Crippen LogP contribution in [0.2, 0.25) is 0 Å². The monoisotopic (exact) mass is 865 g/mol. The molecule has 3 aromatic heterocycles. The van der Waals surface area contributed by atoms with Crippen LogP contribution in [0.1, 0.15) is 93.6 Å². The minimum absolute atomic E-state index is 0. The topological polar surface area (TPSA) is 63.3 Å². The summed E-state index contributed by atoms with van der Waals surface area (Å²) in [5.41, 5.74) is 4.53. The summed E-state index contributed by atoms with van der Waals surface area (Å²) in [6, 6.07) is 27.0. The molecule has 6 heteroatoms. The summed E-state index contributed by atoms with van der Waals surface area (Å²) in [7, 11) is 0. The van der Waals surface area contributed by atoms with Crippen molar-refractivity contribution < 1.29 is 34.4 Å². The number of hydrogen-bond acceptors (Lipinski definition) is 5. The fourth-order valence-corrected chi connectivity index (χ4v) is 6.87. The van der Waals surface area contributed by atoms with Crippen molar-refractivity contribution in [2.24, 2.45) is 10.8 Å². The molecule has 1 radical (unpaired) electrons. The van der Waals surface area contributed by atoms with Gasteiger partial charge in [-0.3, -0.25) is 9.78 Å². The van der Waals surface area contributed by atoms with Crippen molar-refractivity contribution in [2.75, 3.05) is 0 Å². The number of aliphatic hydroxyl groups excluding tert-OH is 1. The zero-order chi connectivity index (χ0) is 35.6. The number of aromatic nitrogens is 1. The average molecular weight is 865 g/mol. The van der Waals surface area contributed by atoms with Crippen LogP contribution in [0.15, 0.2) is 94.6 Å². The molecule has 265 valence electrons. The van der Waals surface area contributed by atoms with Gasteiger partial charge in [0.1, 0.15) is 17.1 Å². The smallest absolute Gasteiger partial charge is 0.164 e. The van der Waals surface area contributed by atoms with Crippen molar-refractivity contribution in [1.29, 1.82) is 0 Å². The average Bonchev–Trinajstić information content (AvgIpc) is 3.77. The molecule has 0 aliphatic heterocycles. The van der Waals surface area contributed by atoms with E-state index in [9.17, 15) is 9.90 Å². The molecule has 1 N–H and O–H groups in total. The molecule has 0 bridgehead atoms. The largest absolute Gasteiger partial charge is 0.512 e. The molecule has 0 aliphatic rings. The number of nitrogens with zero attached hydrogens (tertiary/aromatic N) is 1. The molecule has 3 aromatic carbocycles. The van der Waals surface area contributed by atoms with E-state index in [2.05, 4.69) is 92.9 Å². The van der Waals surface area contributed by atoms with Crippen molar-refractivity contribution in [3.05, 3.63) is 102 Å². The Morgan fingerprint density at radius 1 is 0.860 bits per heavy atom. The van der Waals surface area contributed by atoms with Crippen molar-refractivity contribution in [2.45, 2.75) is 93.4 Å². The maximum atomic E-state index is 12.2. The number of thiophene rings is 1. The molecule has 0 amide bonds. The Kier molecular flexibility index (Phi) is 12.4. The number of benzene rings is 3. The van der Waals surface area contributed by atoms with E-state index in [1.54, 1.807) is 11.3 Å². The van der Waals surface area contributed by atoms with Gasteiger partial charge in [0.05, 0.1) is 0 Å². The van der Waals surface area contributed by atoms with E-state index in [4.69, 9.17) is 9.40 Å². The van der Waals surface area contributed by atoms with E-state index in [0.29, 0.717) is 0 Å². The van der Waals surface area contributed by atoms with E-state index in [-0.39, 0.29) is 47.9 Å². The van der Waals surface area contributed by atoms with Gasteiger partial charge < -0.3 is 9.52 Å². The number of aliphatic hydroxyl groups is 1. The molecule has 3 heterocycles. The van der Waals surface area contributed by atoms with E-state index in [1.165, 1.54) is 27.1 Å². The standard InChI is InChI=1S/C29H22NOS.C15H28O2.Ir/c1-29(2,3)24-16-21(14-18-6-4-5-7-22(18)24)28-23-17-26(31-25(23)10-12-30-28)19-8-9-27-20(15-19)11-13-32-27;1-7-14(5,8-2)12(16)11-13(17)15(6,9-3)10-4;/h4-13,15-17H,1-3H3;11,16H,7-10H2,1-6H3;/q-1;;/b;12-11-;. The maximum Gasteiger partial charge on any atom is 0.164 e. The Bertz CT molecular complexity index is 2120. The van der Waals surface area contributed by atoms with Crippen molar-refractivity contribution in [3.8, 4) is 22.6 Å². The first-order valence-corrected chi connectivity index (χ1v) is 18.4. The van der Waals surface area contributed by atoms with Gasteiger partial charge in [-0.05, 0) is 78.3 Å². The number of hydrogen-bond donors (Lipinski definition) is 1. The van der Waals surface area contributed by atoms with Crippen LogP contribution in [0.4, 0.5) is 0 Å². The van der Waals surface area contributed by atoms with Crippen LogP contribution >= 0.6 is 11.3 Å². The molecule has 0 unspecified atom stereocenters. The molecule has 6 rings (SSSR count). The maximum absolute atomic E-state index is 12.2. The molecular weight excluding hydrogens is 815 g/mol. The van der Waals surface area contributed by atoms with Gasteiger partial charge in [0.25, 0.3) is 0 Å². The zero-order valence-electron chi connectivity index (χ0n) is 30.9. The predicted molar refractivity (Wildman–Crippen MR) is 208 cm³/mol. The number of rotatable bonds is 9. The molecular formula is C44H50IrNO3S-. The summed E-state index contributed by atoms with van der Waals surface area (Å²) in [5.74, 6) is 1.15. The summed E-state index contributed by atoms with van der Waals surface area (Å²) in [5, 5.41) is 16.9. The van der Waals surface area contributed by atoms with Crippen LogP contribution < -0.4 is 0 Å². The quantitative estimate of drug-likeness (QED) is 0.0893. The first-order chi connectivity index (χ1) is 23.3. The Balaban J connectivity index is 0.000000269. The molecule has 0 atom stereocenters. The SMILES string of the molecule is CC(C)(C)c1cc(-c2nccc3oc(-c4ccc5sccc5c4)cc23)[c-]c2ccccc12.CCC(C)(CC)C(=O)/C=C(\O)C(C)(CC)CC.[Ir]. The second-order valence-electron chi connectivity index (χ2n) is 14.7. The summed E-state index contributed by atoms with van der Waals surface area (Å²) < 4.78 is 7.56. The Morgan fingerprint density at radius 3 is 2.20 bits per heavy atom. The van der Waals surface area contributed by atoms with Crippen LogP contribution in [0.3, 0.4) is 0 Å². The fourth-order valence-electron chi connectivity index (χ4n) is 6.10. The van der Waals surface area contributed by atoms with E-state index in [0.717, 1.165) is 64.6 Å². The first-order valence-electron chi connectivity index (χ1n) is 17.5. The number of carbonyl (C=O) groups is 1. The molecule has 0 spiro atoms.